The van der Waals surface area contributed by atoms with E-state index in [-0.39, 0.29) is 63.8 Å². The number of para-hydroxylation sites is 2. The number of anilines is 1. The van der Waals surface area contributed by atoms with Gasteiger partial charge in [-0.15, -0.1) is 95.3 Å². The third-order valence-corrected chi connectivity index (χ3v) is 21.6. The van der Waals surface area contributed by atoms with Crippen LogP contribution in [0.15, 0.2) is 461 Å². The average Bonchev–Trinajstić information content (AvgIpc) is 1.63. The molecule has 0 aliphatic heterocycles. The van der Waals surface area contributed by atoms with E-state index in [0.717, 1.165) is 101 Å². The van der Waals surface area contributed by atoms with Crippen molar-refractivity contribution in [2.24, 2.45) is 0 Å². The van der Waals surface area contributed by atoms with Crippen LogP contribution in [0.25, 0.3) is 60.8 Å². The molecule has 2 atom stereocenters. The van der Waals surface area contributed by atoms with Gasteiger partial charge in [0.1, 0.15) is 0 Å². The molecular weight excluding hydrogens is 1940 g/mol. The molecule has 2 aromatic heterocycles. The molecule has 6 nitrogen and oxygen atoms in total. The molecule has 17 aromatic carbocycles. The molecule has 0 radical (unpaired) electrons. The first-order valence-electron chi connectivity index (χ1n) is 45.0. The van der Waals surface area contributed by atoms with Gasteiger partial charge in [0, 0.05) is 22.2 Å². The summed E-state index contributed by atoms with van der Waals surface area (Å²) in [6.07, 6.45) is 0. The first kappa shape index (κ1) is 103. The number of aromatic nitrogens is 4. The summed E-state index contributed by atoms with van der Waals surface area (Å²) in [7, 11) is 0. The summed E-state index contributed by atoms with van der Waals surface area (Å²) in [6, 6.07) is 160. The average molecular weight is 2070 g/mol. The molecular formula is C125H122Hf2N6. The van der Waals surface area contributed by atoms with Gasteiger partial charge in [0.2, 0.25) is 0 Å². The predicted octanol–water partition coefficient (Wildman–Crippen LogP) is 33.9. The van der Waals surface area contributed by atoms with E-state index in [9.17, 15) is 0 Å². The van der Waals surface area contributed by atoms with Crippen molar-refractivity contribution in [3.8, 4) is 33.9 Å². The molecule has 19 aromatic rings. The molecule has 0 bridgehead atoms. The second-order valence-corrected chi connectivity index (χ2v) is 33.1. The Bertz CT molecular complexity index is 5760. The molecule has 2 heterocycles. The maximum Gasteiger partial charge on any atom is 4.00 e. The predicted molar refractivity (Wildman–Crippen MR) is 561 cm³/mol. The van der Waals surface area contributed by atoms with Crippen molar-refractivity contribution in [1.29, 1.82) is 0 Å². The summed E-state index contributed by atoms with van der Waals surface area (Å²) >= 11 is 0. The Labute approximate surface area is 832 Å². The van der Waals surface area contributed by atoms with Crippen LogP contribution in [0.1, 0.15) is 175 Å². The number of nitrogens with one attached hydrogen (secondary N) is 1. The summed E-state index contributed by atoms with van der Waals surface area (Å²) in [5.74, 6) is 1.49. The summed E-state index contributed by atoms with van der Waals surface area (Å²) in [6.45, 7) is 42.5. The Kier molecular flexibility index (Phi) is 42.4. The van der Waals surface area contributed by atoms with E-state index >= 15 is 0 Å². The van der Waals surface area contributed by atoms with Crippen molar-refractivity contribution in [2.45, 2.75) is 98.1 Å². The van der Waals surface area contributed by atoms with Crippen LogP contribution in [-0.4, -0.2) is 19.6 Å². The van der Waals surface area contributed by atoms with Crippen LogP contribution in [-0.2, 0) is 51.7 Å². The zero-order chi connectivity index (χ0) is 92.5. The number of fused-ring (bicyclic) bond motifs is 2. The van der Waals surface area contributed by atoms with Crippen molar-refractivity contribution >= 4 is 32.9 Å². The molecule has 0 fully saturated rings. The number of rotatable bonds is 16. The molecule has 0 amide bonds. The monoisotopic (exact) mass is 2070 g/mol. The minimum atomic E-state index is -0.271. The molecule has 0 saturated heterocycles. The van der Waals surface area contributed by atoms with Crippen molar-refractivity contribution in [3.05, 3.63) is 598 Å². The molecule has 2 unspecified atom stereocenters. The van der Waals surface area contributed by atoms with Crippen LogP contribution in [0.5, 0.6) is 0 Å². The summed E-state index contributed by atoms with van der Waals surface area (Å²) in [5, 5.41) is 24.9. The molecule has 0 aliphatic rings. The van der Waals surface area contributed by atoms with E-state index in [0.29, 0.717) is 23.7 Å². The molecule has 133 heavy (non-hydrogen) atoms. The minimum Gasteiger partial charge on any atom is -0.673 e. The van der Waals surface area contributed by atoms with Crippen molar-refractivity contribution in [3.63, 3.8) is 0 Å². The first-order chi connectivity index (χ1) is 63.8. The van der Waals surface area contributed by atoms with E-state index in [1.54, 1.807) is 0 Å². The SMILES string of the molecule is CC(C)c1cccc(C(C)C)c1NC(c1ccccc1)c1cc(-c2ccccc2)n(-c2cccc3ccccc23)n1.CC(C)c1cccc(C(C)C)c1[N-]C(c1ccccc1)c1cc(-c2ccccc2)n(-c2[c-]ccc3ccccc23)n1.Cc1ccccc1.[CH2-]c1ccccc1.[CH2-]c1ccccc1.[CH2-]c1ccccc1.[CH2-]c1ccccc1.[CH2-]c1ccccc1.[CH2-]c1ccccc1.[Hf+4].[Hf+4]. The Morgan fingerprint density at radius 2 is 0.594 bits per heavy atom. The first-order valence-corrected chi connectivity index (χ1v) is 45.0. The van der Waals surface area contributed by atoms with Gasteiger partial charge in [-0.2, -0.15) is 176 Å². The number of benzene rings is 17. The van der Waals surface area contributed by atoms with Gasteiger partial charge in [0.25, 0.3) is 0 Å². The number of nitrogens with zero attached hydrogens (tertiary/aromatic N) is 5. The summed E-state index contributed by atoms with van der Waals surface area (Å²) in [5.41, 5.74) is 25.8. The Hall–Kier alpha value is -13.8. The fourth-order valence-corrected chi connectivity index (χ4v) is 14.7. The van der Waals surface area contributed by atoms with Gasteiger partial charge < -0.3 is 10.6 Å². The van der Waals surface area contributed by atoms with Gasteiger partial charge >= 0.3 is 51.7 Å². The topological polar surface area (TPSA) is 61.8 Å². The van der Waals surface area contributed by atoms with Gasteiger partial charge in [-0.25, -0.2) is 4.68 Å². The van der Waals surface area contributed by atoms with Crippen LogP contribution in [0, 0.1) is 54.5 Å². The van der Waals surface area contributed by atoms with E-state index in [4.69, 9.17) is 15.5 Å². The summed E-state index contributed by atoms with van der Waals surface area (Å²) in [4.78, 5) is 0. The van der Waals surface area contributed by atoms with E-state index in [1.807, 2.05) is 212 Å². The molecule has 19 rings (SSSR count). The molecule has 0 spiro atoms. The van der Waals surface area contributed by atoms with E-state index < -0.39 is 0 Å². The van der Waals surface area contributed by atoms with Gasteiger partial charge in [0.15, 0.2) is 0 Å². The van der Waals surface area contributed by atoms with Crippen LogP contribution >= 0.6 is 0 Å². The fraction of sp³-hybridized carbons (Fsp3) is 0.120. The second kappa shape index (κ2) is 54.8. The zero-order valence-corrected chi connectivity index (χ0v) is 85.5. The van der Waals surface area contributed by atoms with E-state index in [1.165, 1.54) is 49.8 Å². The molecule has 8 heteroatoms. The molecule has 1 N–H and O–H groups in total. The normalized spacial score (nSPS) is 10.7. The van der Waals surface area contributed by atoms with Crippen LogP contribution in [0.4, 0.5) is 11.4 Å². The Morgan fingerprint density at radius 1 is 0.293 bits per heavy atom. The van der Waals surface area contributed by atoms with E-state index in [2.05, 4.69) is 373 Å². The van der Waals surface area contributed by atoms with Gasteiger partial charge in [0.05, 0.1) is 34.5 Å². The maximum atomic E-state index is 5.56. The Morgan fingerprint density at radius 3 is 0.962 bits per heavy atom. The smallest absolute Gasteiger partial charge is 0.673 e. The third-order valence-electron chi connectivity index (χ3n) is 21.6. The molecule has 0 saturated carbocycles. The number of hydrogen-bond donors (Lipinski definition) is 1. The maximum absolute atomic E-state index is 5.56. The van der Waals surface area contributed by atoms with Crippen molar-refractivity contribution < 1.29 is 51.7 Å². The molecule has 0 aliphatic carbocycles. The van der Waals surface area contributed by atoms with Crippen molar-refractivity contribution in [2.75, 3.05) is 5.32 Å². The standard InChI is InChI=1S/C38H37N3.C38H35N3.C7H8.6C7H7.2Hf/c2*1-26(2)31-22-14-23-32(27(3)4)38(31)39-37(30-18-9-6-10-19-30)34-25-36(29-16-7-5-8-17-29)41(40-34)35-24-13-20-28-15-11-12-21-33(28)35;7*1-7-5-3-2-4-6-7;;/h5-27,37,39H,1-4H3;5-23,25-27,37H,1-4H3;2-6H,1H3;6*2-6H,1H2;;/q;-2;;6*-1;2*+4. The van der Waals surface area contributed by atoms with Gasteiger partial charge in [-0.1, -0.05) is 357 Å². The van der Waals surface area contributed by atoms with Crippen molar-refractivity contribution in [1.82, 2.24) is 19.6 Å². The largest absolute Gasteiger partial charge is 4.00 e. The zero-order valence-electron chi connectivity index (χ0n) is 78.3. The Balaban J connectivity index is 0.000000196. The van der Waals surface area contributed by atoms with Gasteiger partial charge in [-0.05, 0) is 82.6 Å². The minimum absolute atomic E-state index is 0. The second-order valence-electron chi connectivity index (χ2n) is 33.1. The quantitative estimate of drug-likeness (QED) is 0.0775. The molecule has 660 valence electrons. The third kappa shape index (κ3) is 31.8. The summed E-state index contributed by atoms with van der Waals surface area (Å²) < 4.78 is 4.18. The van der Waals surface area contributed by atoms with Crippen LogP contribution in [0.2, 0.25) is 0 Å². The van der Waals surface area contributed by atoms with Gasteiger partial charge in [-0.3, -0.25) is 4.68 Å². The van der Waals surface area contributed by atoms with Crippen LogP contribution in [0.3, 0.4) is 0 Å². The number of aryl methyl sites for hydroxylation is 1. The van der Waals surface area contributed by atoms with Crippen LogP contribution < -0.4 is 5.32 Å². The fourth-order valence-electron chi connectivity index (χ4n) is 14.7. The number of hydrogen-bond acceptors (Lipinski definition) is 3.